The Balaban J connectivity index is 2.34. The van der Waals surface area contributed by atoms with Crippen LogP contribution in [0.4, 0.5) is 11.4 Å². The third kappa shape index (κ3) is 2.83. The van der Waals surface area contributed by atoms with Crippen LogP contribution in [0.5, 0.6) is 0 Å². The molecule has 1 aromatic rings. The summed E-state index contributed by atoms with van der Waals surface area (Å²) in [4.78, 5) is 14.1. The summed E-state index contributed by atoms with van der Waals surface area (Å²) in [6, 6.07) is 5.43. The molecule has 1 aromatic carbocycles. The highest BCUT2D eigenvalue weighted by Crippen LogP contribution is 2.32. The minimum atomic E-state index is -0.319. The van der Waals surface area contributed by atoms with Gasteiger partial charge in [-0.25, -0.2) is 4.79 Å². The molecule has 104 valence electrons. The average molecular weight is 262 g/mol. The summed E-state index contributed by atoms with van der Waals surface area (Å²) >= 11 is 0. The molecule has 0 amide bonds. The topological polar surface area (TPSA) is 55.6 Å². The smallest absolute Gasteiger partial charge is 0.340 e. The van der Waals surface area contributed by atoms with Crippen LogP contribution < -0.4 is 10.6 Å². The van der Waals surface area contributed by atoms with Crippen molar-refractivity contribution < 1.29 is 9.53 Å². The number of nitrogen functional groups attached to an aromatic ring is 1. The number of rotatable bonds is 3. The number of ether oxygens (including phenoxy) is 1. The van der Waals surface area contributed by atoms with Gasteiger partial charge in [-0.2, -0.15) is 0 Å². The van der Waals surface area contributed by atoms with Gasteiger partial charge in [0, 0.05) is 13.1 Å². The Labute approximate surface area is 114 Å². The minimum absolute atomic E-state index is 0.319. The molecular weight excluding hydrogens is 240 g/mol. The Hall–Kier alpha value is -1.71. The first-order chi connectivity index (χ1) is 9.17. The monoisotopic (exact) mass is 262 g/mol. The van der Waals surface area contributed by atoms with E-state index in [0.29, 0.717) is 17.2 Å². The highest BCUT2D eigenvalue weighted by molar-refractivity contribution is 5.99. The fourth-order valence-electron chi connectivity index (χ4n) is 2.79. The second-order valence-corrected chi connectivity index (χ2v) is 5.10. The molecule has 1 aliphatic rings. The predicted molar refractivity (Wildman–Crippen MR) is 77.4 cm³/mol. The molecule has 0 saturated carbocycles. The number of anilines is 2. The lowest BCUT2D eigenvalue weighted by atomic mass is 9.94. The van der Waals surface area contributed by atoms with Crippen molar-refractivity contribution in [1.29, 1.82) is 0 Å². The molecule has 4 nitrogen and oxygen atoms in total. The zero-order valence-corrected chi connectivity index (χ0v) is 11.7. The molecule has 0 aliphatic carbocycles. The van der Waals surface area contributed by atoms with E-state index in [2.05, 4.69) is 11.8 Å². The van der Waals surface area contributed by atoms with Gasteiger partial charge in [-0.3, -0.25) is 0 Å². The normalized spacial score (nSPS) is 19.3. The minimum Gasteiger partial charge on any atom is -0.465 e. The van der Waals surface area contributed by atoms with E-state index in [-0.39, 0.29) is 5.97 Å². The lowest BCUT2D eigenvalue weighted by Gasteiger charge is -2.35. The maximum Gasteiger partial charge on any atom is 0.340 e. The SMILES string of the molecule is CCC1CCCN(c2c(N)cccc2C(=O)OC)C1. The van der Waals surface area contributed by atoms with Crippen molar-refractivity contribution in [2.45, 2.75) is 26.2 Å². The number of para-hydroxylation sites is 1. The first-order valence-electron chi connectivity index (χ1n) is 6.89. The zero-order chi connectivity index (χ0) is 13.8. The Morgan fingerprint density at radius 2 is 2.32 bits per heavy atom. The predicted octanol–water partition coefficient (Wildman–Crippen LogP) is 2.68. The summed E-state index contributed by atoms with van der Waals surface area (Å²) in [5.74, 6) is 0.361. The van der Waals surface area contributed by atoms with E-state index in [1.165, 1.54) is 13.5 Å². The molecule has 2 rings (SSSR count). The zero-order valence-electron chi connectivity index (χ0n) is 11.7. The van der Waals surface area contributed by atoms with Crippen LogP contribution in [0.15, 0.2) is 18.2 Å². The van der Waals surface area contributed by atoms with Crippen molar-refractivity contribution in [3.63, 3.8) is 0 Å². The Kier molecular flexibility index (Phi) is 4.30. The van der Waals surface area contributed by atoms with Crippen molar-refractivity contribution in [3.8, 4) is 0 Å². The lowest BCUT2D eigenvalue weighted by Crippen LogP contribution is -2.36. The number of esters is 1. The summed E-state index contributed by atoms with van der Waals surface area (Å²) in [5, 5.41) is 0. The van der Waals surface area contributed by atoms with E-state index in [9.17, 15) is 4.79 Å². The van der Waals surface area contributed by atoms with Crippen LogP contribution >= 0.6 is 0 Å². The van der Waals surface area contributed by atoms with Gasteiger partial charge in [0.2, 0.25) is 0 Å². The van der Waals surface area contributed by atoms with Crippen molar-refractivity contribution in [2.24, 2.45) is 5.92 Å². The van der Waals surface area contributed by atoms with E-state index < -0.39 is 0 Å². The van der Waals surface area contributed by atoms with Gasteiger partial charge in [-0.05, 0) is 30.9 Å². The number of methoxy groups -OCH3 is 1. The second-order valence-electron chi connectivity index (χ2n) is 5.10. The van der Waals surface area contributed by atoms with Gasteiger partial charge >= 0.3 is 5.97 Å². The van der Waals surface area contributed by atoms with Gasteiger partial charge in [0.05, 0.1) is 24.0 Å². The maximum absolute atomic E-state index is 11.9. The van der Waals surface area contributed by atoms with Crippen LogP contribution in [0.2, 0.25) is 0 Å². The molecule has 2 N–H and O–H groups in total. The first-order valence-corrected chi connectivity index (χ1v) is 6.89. The largest absolute Gasteiger partial charge is 0.465 e. The van der Waals surface area contributed by atoms with Gasteiger partial charge in [-0.1, -0.05) is 19.4 Å². The number of carbonyl (C=O) groups is 1. The number of hydrogen-bond donors (Lipinski definition) is 1. The van der Waals surface area contributed by atoms with Crippen LogP contribution in [-0.4, -0.2) is 26.2 Å². The number of piperidine rings is 1. The van der Waals surface area contributed by atoms with Gasteiger partial charge in [0.15, 0.2) is 0 Å². The van der Waals surface area contributed by atoms with Crippen molar-refractivity contribution in [3.05, 3.63) is 23.8 Å². The fraction of sp³-hybridized carbons (Fsp3) is 0.533. The molecule has 4 heteroatoms. The summed E-state index contributed by atoms with van der Waals surface area (Å²) in [6.07, 6.45) is 3.57. The van der Waals surface area contributed by atoms with Gasteiger partial charge in [-0.15, -0.1) is 0 Å². The van der Waals surface area contributed by atoms with E-state index in [1.54, 1.807) is 12.1 Å². The van der Waals surface area contributed by atoms with Crippen molar-refractivity contribution in [2.75, 3.05) is 30.8 Å². The summed E-state index contributed by atoms with van der Waals surface area (Å²) < 4.78 is 4.85. The Morgan fingerprint density at radius 1 is 1.53 bits per heavy atom. The third-order valence-electron chi connectivity index (χ3n) is 3.89. The van der Waals surface area contributed by atoms with E-state index in [4.69, 9.17) is 10.5 Å². The van der Waals surface area contributed by atoms with Gasteiger partial charge < -0.3 is 15.4 Å². The number of benzene rings is 1. The van der Waals surface area contributed by atoms with Crippen LogP contribution in [0.1, 0.15) is 36.5 Å². The van der Waals surface area contributed by atoms with Crippen LogP contribution in [0.3, 0.4) is 0 Å². The number of nitrogens with zero attached hydrogens (tertiary/aromatic N) is 1. The maximum atomic E-state index is 11.9. The van der Waals surface area contributed by atoms with Gasteiger partial charge in [0.25, 0.3) is 0 Å². The molecule has 1 heterocycles. The van der Waals surface area contributed by atoms with E-state index >= 15 is 0 Å². The van der Waals surface area contributed by atoms with Crippen LogP contribution in [0, 0.1) is 5.92 Å². The van der Waals surface area contributed by atoms with E-state index in [1.807, 2.05) is 6.07 Å². The molecule has 1 saturated heterocycles. The van der Waals surface area contributed by atoms with Crippen LogP contribution in [-0.2, 0) is 4.74 Å². The fourth-order valence-corrected chi connectivity index (χ4v) is 2.79. The molecule has 0 aromatic heterocycles. The van der Waals surface area contributed by atoms with Crippen molar-refractivity contribution in [1.82, 2.24) is 0 Å². The summed E-state index contributed by atoms with van der Waals surface area (Å²) in [6.45, 7) is 4.13. The molecule has 19 heavy (non-hydrogen) atoms. The highest BCUT2D eigenvalue weighted by Gasteiger charge is 2.24. The Morgan fingerprint density at radius 3 is 3.00 bits per heavy atom. The quantitative estimate of drug-likeness (QED) is 0.672. The molecule has 1 atom stereocenters. The Bertz CT molecular complexity index is 459. The lowest BCUT2D eigenvalue weighted by molar-refractivity contribution is 0.0601. The number of hydrogen-bond acceptors (Lipinski definition) is 4. The summed E-state index contributed by atoms with van der Waals surface area (Å²) in [7, 11) is 1.40. The first kappa shape index (κ1) is 13.7. The molecule has 1 fully saturated rings. The molecule has 1 aliphatic heterocycles. The van der Waals surface area contributed by atoms with Crippen LogP contribution in [0.25, 0.3) is 0 Å². The third-order valence-corrected chi connectivity index (χ3v) is 3.89. The standard InChI is InChI=1S/C15H22N2O2/c1-3-11-6-5-9-17(10-11)14-12(15(18)19-2)7-4-8-13(14)16/h4,7-8,11H,3,5-6,9-10,16H2,1-2H3. The number of carbonyl (C=O) groups excluding carboxylic acids is 1. The number of nitrogens with two attached hydrogens (primary N) is 1. The van der Waals surface area contributed by atoms with E-state index in [0.717, 1.165) is 31.6 Å². The second kappa shape index (κ2) is 5.95. The molecule has 1 unspecified atom stereocenters. The molecular formula is C15H22N2O2. The highest BCUT2D eigenvalue weighted by atomic mass is 16.5. The molecule has 0 spiro atoms. The molecule has 0 bridgehead atoms. The van der Waals surface area contributed by atoms with Gasteiger partial charge in [0.1, 0.15) is 0 Å². The van der Waals surface area contributed by atoms with Crippen molar-refractivity contribution >= 4 is 17.3 Å². The summed E-state index contributed by atoms with van der Waals surface area (Å²) in [5.41, 5.74) is 8.14. The average Bonchev–Trinajstić information content (AvgIpc) is 2.46. The molecule has 0 radical (unpaired) electrons.